The molecule has 7 heteroatoms. The Morgan fingerprint density at radius 2 is 1.83 bits per heavy atom. The fraction of sp³-hybridized carbons (Fsp3) is 0.348. The number of carbonyl (C=O) groups excluding carboxylic acids is 1. The Hall–Kier alpha value is -2.80. The fourth-order valence-electron chi connectivity index (χ4n) is 3.14. The zero-order chi connectivity index (χ0) is 21.7. The number of amides is 1. The van der Waals surface area contributed by atoms with Crippen LogP contribution in [0, 0.1) is 20.8 Å². The van der Waals surface area contributed by atoms with Crippen LogP contribution in [-0.4, -0.2) is 26.4 Å². The molecule has 30 heavy (non-hydrogen) atoms. The van der Waals surface area contributed by atoms with Crippen molar-refractivity contribution < 1.29 is 9.53 Å². The topological polar surface area (TPSA) is 69.0 Å². The second kappa shape index (κ2) is 9.80. The van der Waals surface area contributed by atoms with Crippen LogP contribution < -0.4 is 10.1 Å². The quantitative estimate of drug-likeness (QED) is 0.510. The number of thioether (sulfide) groups is 1. The predicted octanol–water partition coefficient (Wildman–Crippen LogP) is 5.09. The lowest BCUT2D eigenvalue weighted by molar-refractivity contribution is -0.113. The van der Waals surface area contributed by atoms with Gasteiger partial charge in [0.05, 0.1) is 5.75 Å². The predicted molar refractivity (Wildman–Crippen MR) is 121 cm³/mol. The van der Waals surface area contributed by atoms with E-state index in [4.69, 9.17) is 4.74 Å². The van der Waals surface area contributed by atoms with Crippen LogP contribution in [0.25, 0.3) is 0 Å². The van der Waals surface area contributed by atoms with Crippen LogP contribution >= 0.6 is 11.8 Å². The number of aromatic nitrogens is 3. The van der Waals surface area contributed by atoms with Crippen LogP contribution in [0.3, 0.4) is 0 Å². The molecule has 1 aromatic heterocycles. The van der Waals surface area contributed by atoms with Gasteiger partial charge in [-0.05, 0) is 63.4 Å². The zero-order valence-corrected chi connectivity index (χ0v) is 18.9. The molecule has 0 saturated carbocycles. The van der Waals surface area contributed by atoms with Crippen LogP contribution in [0.1, 0.15) is 42.5 Å². The van der Waals surface area contributed by atoms with Crippen molar-refractivity contribution >= 4 is 23.4 Å². The molecule has 2 aromatic carbocycles. The van der Waals surface area contributed by atoms with Crippen molar-refractivity contribution in [2.45, 2.75) is 52.4 Å². The molecule has 158 valence electrons. The minimum atomic E-state index is -0.253. The minimum Gasteiger partial charge on any atom is -0.482 e. The number of rotatable bonds is 8. The lowest BCUT2D eigenvalue weighted by atomic mass is 10.1. The molecular weight excluding hydrogens is 396 g/mol. The molecule has 0 fully saturated rings. The van der Waals surface area contributed by atoms with Gasteiger partial charge in [0, 0.05) is 12.2 Å². The van der Waals surface area contributed by atoms with Crippen molar-refractivity contribution in [3.05, 3.63) is 65.0 Å². The Balaban J connectivity index is 1.66. The third kappa shape index (κ3) is 5.02. The number of benzene rings is 2. The van der Waals surface area contributed by atoms with E-state index < -0.39 is 0 Å². The second-order valence-electron chi connectivity index (χ2n) is 7.19. The summed E-state index contributed by atoms with van der Waals surface area (Å²) in [5, 5.41) is 12.3. The molecule has 1 unspecified atom stereocenters. The zero-order valence-electron chi connectivity index (χ0n) is 18.1. The highest BCUT2D eigenvalue weighted by Gasteiger charge is 2.20. The Labute approximate surface area is 182 Å². The Kier molecular flexibility index (Phi) is 7.15. The molecule has 0 bridgehead atoms. The first-order chi connectivity index (χ1) is 14.4. The highest BCUT2D eigenvalue weighted by atomic mass is 32.2. The van der Waals surface area contributed by atoms with E-state index in [1.54, 1.807) is 0 Å². The van der Waals surface area contributed by atoms with Gasteiger partial charge in [0.25, 0.3) is 0 Å². The van der Waals surface area contributed by atoms with Gasteiger partial charge in [-0.1, -0.05) is 42.1 Å². The molecule has 6 nitrogen and oxygen atoms in total. The smallest absolute Gasteiger partial charge is 0.234 e. The maximum atomic E-state index is 12.5. The molecule has 0 aliphatic carbocycles. The van der Waals surface area contributed by atoms with Crippen molar-refractivity contribution in [1.82, 2.24) is 14.8 Å². The normalized spacial score (nSPS) is 11.9. The number of hydrogen-bond acceptors (Lipinski definition) is 5. The highest BCUT2D eigenvalue weighted by Crippen LogP contribution is 2.26. The number of nitrogens with one attached hydrogen (secondary N) is 1. The van der Waals surface area contributed by atoms with E-state index >= 15 is 0 Å². The van der Waals surface area contributed by atoms with E-state index in [0.717, 1.165) is 34.0 Å². The highest BCUT2D eigenvalue weighted by molar-refractivity contribution is 7.99. The maximum absolute atomic E-state index is 12.5. The summed E-state index contributed by atoms with van der Waals surface area (Å²) in [5.74, 6) is 1.78. The molecule has 0 spiro atoms. The second-order valence-corrected chi connectivity index (χ2v) is 8.14. The molecule has 0 radical (unpaired) electrons. The van der Waals surface area contributed by atoms with Gasteiger partial charge in [0.1, 0.15) is 5.75 Å². The summed E-state index contributed by atoms with van der Waals surface area (Å²) in [5.41, 5.74) is 4.15. The number of ether oxygens (including phenoxy) is 1. The molecule has 3 aromatic rings. The average Bonchev–Trinajstić information content (AvgIpc) is 3.14. The van der Waals surface area contributed by atoms with Gasteiger partial charge >= 0.3 is 0 Å². The molecule has 1 heterocycles. The first-order valence-corrected chi connectivity index (χ1v) is 11.0. The van der Waals surface area contributed by atoms with Gasteiger partial charge in [-0.25, -0.2) is 0 Å². The lowest BCUT2D eigenvalue weighted by Gasteiger charge is -2.17. The van der Waals surface area contributed by atoms with Crippen LogP contribution in [-0.2, 0) is 11.3 Å². The van der Waals surface area contributed by atoms with Crippen LogP contribution in [0.15, 0.2) is 47.6 Å². The summed E-state index contributed by atoms with van der Waals surface area (Å²) in [6.45, 7) is 10.8. The molecule has 0 aliphatic heterocycles. The summed E-state index contributed by atoms with van der Waals surface area (Å²) < 4.78 is 8.10. The Morgan fingerprint density at radius 1 is 1.10 bits per heavy atom. The number of anilines is 1. The van der Waals surface area contributed by atoms with Crippen molar-refractivity contribution in [2.24, 2.45) is 0 Å². The third-order valence-corrected chi connectivity index (χ3v) is 6.00. The molecule has 1 N–H and O–H groups in total. The molecule has 0 saturated heterocycles. The maximum Gasteiger partial charge on any atom is 0.234 e. The van der Waals surface area contributed by atoms with Crippen LogP contribution in [0.5, 0.6) is 5.75 Å². The third-order valence-electron chi connectivity index (χ3n) is 5.03. The van der Waals surface area contributed by atoms with E-state index in [1.165, 1.54) is 11.8 Å². The van der Waals surface area contributed by atoms with Crippen LogP contribution in [0.2, 0.25) is 0 Å². The van der Waals surface area contributed by atoms with E-state index in [9.17, 15) is 4.79 Å². The van der Waals surface area contributed by atoms with E-state index in [-0.39, 0.29) is 17.8 Å². The summed E-state index contributed by atoms with van der Waals surface area (Å²) >= 11 is 1.38. The van der Waals surface area contributed by atoms with E-state index in [1.807, 2.05) is 81.7 Å². The molecule has 3 rings (SSSR count). The van der Waals surface area contributed by atoms with Gasteiger partial charge in [-0.15, -0.1) is 10.2 Å². The summed E-state index contributed by atoms with van der Waals surface area (Å²) in [6, 6.07) is 13.8. The molecule has 1 atom stereocenters. The first-order valence-electron chi connectivity index (χ1n) is 10.0. The van der Waals surface area contributed by atoms with Crippen molar-refractivity contribution in [3.63, 3.8) is 0 Å². The summed E-state index contributed by atoms with van der Waals surface area (Å²) in [4.78, 5) is 12.5. The largest absolute Gasteiger partial charge is 0.482 e. The van der Waals surface area contributed by atoms with Gasteiger partial charge in [0.2, 0.25) is 5.91 Å². The van der Waals surface area contributed by atoms with Crippen LogP contribution in [0.4, 0.5) is 5.69 Å². The lowest BCUT2D eigenvalue weighted by Crippen LogP contribution is -2.16. The first kappa shape index (κ1) is 21.9. The van der Waals surface area contributed by atoms with Gasteiger partial charge in [0.15, 0.2) is 17.1 Å². The summed E-state index contributed by atoms with van der Waals surface area (Å²) in [7, 11) is 0. The molecule has 1 amide bonds. The number of nitrogens with zero attached hydrogens (tertiary/aromatic N) is 3. The molecular formula is C23H28N4O2S. The SMILES string of the molecule is CCn1c(SCC(=O)Nc2cccc(C)c2C)nnc1C(C)Oc1ccccc1C. The van der Waals surface area contributed by atoms with Crippen molar-refractivity contribution in [1.29, 1.82) is 0 Å². The molecule has 0 aliphatic rings. The number of para-hydroxylation sites is 1. The monoisotopic (exact) mass is 424 g/mol. The number of hydrogen-bond donors (Lipinski definition) is 1. The van der Waals surface area contributed by atoms with Crippen molar-refractivity contribution in [2.75, 3.05) is 11.1 Å². The number of aryl methyl sites for hydroxylation is 2. The van der Waals surface area contributed by atoms with E-state index in [2.05, 4.69) is 15.5 Å². The van der Waals surface area contributed by atoms with Gasteiger partial charge in [-0.3, -0.25) is 4.79 Å². The Morgan fingerprint density at radius 3 is 2.57 bits per heavy atom. The van der Waals surface area contributed by atoms with Gasteiger partial charge < -0.3 is 14.6 Å². The standard InChI is InChI=1S/C23H28N4O2S/c1-6-27-22(18(5)29-20-13-8-7-10-16(20)3)25-26-23(27)30-14-21(28)24-19-12-9-11-15(2)17(19)4/h7-13,18H,6,14H2,1-5H3,(H,24,28). The minimum absolute atomic E-state index is 0.0647. The average molecular weight is 425 g/mol. The fourth-order valence-corrected chi connectivity index (χ4v) is 3.95. The van der Waals surface area contributed by atoms with Gasteiger partial charge in [-0.2, -0.15) is 0 Å². The number of carbonyl (C=O) groups is 1. The van der Waals surface area contributed by atoms with Crippen molar-refractivity contribution in [3.8, 4) is 5.75 Å². The Bertz CT molecular complexity index is 1030. The van der Waals surface area contributed by atoms with E-state index in [0.29, 0.717) is 11.7 Å². The summed E-state index contributed by atoms with van der Waals surface area (Å²) in [6.07, 6.45) is -0.253.